The molecule has 0 atom stereocenters. The zero-order valence-corrected chi connectivity index (χ0v) is 21.7. The van der Waals surface area contributed by atoms with Crippen LogP contribution in [0.15, 0.2) is 0 Å². The van der Waals surface area contributed by atoms with Crippen LogP contribution in [0.25, 0.3) is 0 Å². The highest BCUT2D eigenvalue weighted by Crippen LogP contribution is 2.29. The molecule has 1 saturated carbocycles. The fraction of sp³-hybridized carbons (Fsp3) is 1.00. The molecule has 0 aromatic heterocycles. The lowest BCUT2D eigenvalue weighted by atomic mass is 9.84. The van der Waals surface area contributed by atoms with Gasteiger partial charge in [0, 0.05) is 26.3 Å². The van der Waals surface area contributed by atoms with Crippen LogP contribution in [0.2, 0.25) is 0 Å². The molecule has 2 N–H and O–H groups in total. The van der Waals surface area contributed by atoms with E-state index >= 15 is 0 Å². The van der Waals surface area contributed by atoms with Crippen molar-refractivity contribution in [1.82, 2.24) is 10.6 Å². The standard InChI is InChI=1S/C28H56N2O2/c1-3-5-7-9-11-12-14-15-21-31-26-19-17-25(18-20-26)28-29-23-27(24-30-28)32-22-16-13-10-8-6-4-2/h25-30H,3-24H2,1-2H3. The largest absolute Gasteiger partial charge is 0.378 e. The van der Waals surface area contributed by atoms with Crippen molar-refractivity contribution in [2.24, 2.45) is 5.92 Å². The van der Waals surface area contributed by atoms with Crippen molar-refractivity contribution in [3.63, 3.8) is 0 Å². The first-order valence-corrected chi connectivity index (χ1v) is 14.5. The number of hydrogen-bond acceptors (Lipinski definition) is 4. The molecule has 0 spiro atoms. The second kappa shape index (κ2) is 19.2. The molecule has 0 aromatic rings. The number of rotatable bonds is 19. The van der Waals surface area contributed by atoms with Crippen LogP contribution in [-0.4, -0.2) is 44.7 Å². The molecule has 1 aliphatic carbocycles. The van der Waals surface area contributed by atoms with Crippen LogP contribution >= 0.6 is 0 Å². The van der Waals surface area contributed by atoms with Crippen molar-refractivity contribution in [3.05, 3.63) is 0 Å². The van der Waals surface area contributed by atoms with Crippen molar-refractivity contribution < 1.29 is 9.47 Å². The molecule has 1 heterocycles. The molecule has 190 valence electrons. The van der Waals surface area contributed by atoms with Crippen LogP contribution in [0.1, 0.15) is 129 Å². The Hall–Kier alpha value is -0.160. The van der Waals surface area contributed by atoms with Gasteiger partial charge >= 0.3 is 0 Å². The summed E-state index contributed by atoms with van der Waals surface area (Å²) in [4.78, 5) is 0. The summed E-state index contributed by atoms with van der Waals surface area (Å²) in [5, 5.41) is 7.46. The van der Waals surface area contributed by atoms with E-state index in [1.165, 1.54) is 116 Å². The molecule has 4 heteroatoms. The molecule has 1 saturated heterocycles. The smallest absolute Gasteiger partial charge is 0.0824 e. The van der Waals surface area contributed by atoms with Crippen LogP contribution in [-0.2, 0) is 9.47 Å². The third-order valence-electron chi connectivity index (χ3n) is 7.52. The van der Waals surface area contributed by atoms with E-state index in [1.807, 2.05) is 0 Å². The summed E-state index contributed by atoms with van der Waals surface area (Å²) in [6.07, 6.45) is 25.4. The van der Waals surface area contributed by atoms with Gasteiger partial charge in [0.2, 0.25) is 0 Å². The third-order valence-corrected chi connectivity index (χ3v) is 7.52. The summed E-state index contributed by atoms with van der Waals surface area (Å²) >= 11 is 0. The predicted molar refractivity (Wildman–Crippen MR) is 137 cm³/mol. The molecular weight excluding hydrogens is 396 g/mol. The van der Waals surface area contributed by atoms with Crippen LogP contribution in [0.3, 0.4) is 0 Å². The summed E-state index contributed by atoms with van der Waals surface area (Å²) in [6, 6.07) is 0. The Morgan fingerprint density at radius 2 is 0.969 bits per heavy atom. The Morgan fingerprint density at radius 3 is 1.47 bits per heavy atom. The van der Waals surface area contributed by atoms with Gasteiger partial charge in [-0.3, -0.25) is 10.6 Å². The van der Waals surface area contributed by atoms with Gasteiger partial charge in [0.25, 0.3) is 0 Å². The van der Waals surface area contributed by atoms with Gasteiger partial charge in [-0.15, -0.1) is 0 Å². The minimum Gasteiger partial charge on any atom is -0.378 e. The van der Waals surface area contributed by atoms with Gasteiger partial charge in [-0.2, -0.15) is 0 Å². The Bertz CT molecular complexity index is 404. The van der Waals surface area contributed by atoms with Gasteiger partial charge in [-0.05, 0) is 44.4 Å². The quantitative estimate of drug-likeness (QED) is 0.208. The fourth-order valence-corrected chi connectivity index (χ4v) is 5.32. The SMILES string of the molecule is CCCCCCCCCCOC1CCC(C2NCC(OCCCCCCCC)CN2)CC1. The van der Waals surface area contributed by atoms with Gasteiger partial charge in [-0.25, -0.2) is 0 Å². The molecule has 2 aliphatic rings. The third kappa shape index (κ3) is 12.9. The van der Waals surface area contributed by atoms with Gasteiger partial charge in [-0.1, -0.05) is 90.9 Å². The van der Waals surface area contributed by atoms with Crippen molar-refractivity contribution in [2.75, 3.05) is 26.3 Å². The summed E-state index contributed by atoms with van der Waals surface area (Å²) < 4.78 is 12.3. The monoisotopic (exact) mass is 452 g/mol. The van der Waals surface area contributed by atoms with E-state index in [0.717, 1.165) is 32.2 Å². The lowest BCUT2D eigenvalue weighted by Gasteiger charge is -2.39. The minimum absolute atomic E-state index is 0.341. The van der Waals surface area contributed by atoms with Crippen LogP contribution in [0.5, 0.6) is 0 Å². The van der Waals surface area contributed by atoms with E-state index in [2.05, 4.69) is 24.5 Å². The lowest BCUT2D eigenvalue weighted by molar-refractivity contribution is -0.00282. The maximum Gasteiger partial charge on any atom is 0.0824 e. The molecule has 2 fully saturated rings. The van der Waals surface area contributed by atoms with E-state index in [1.54, 1.807) is 0 Å². The topological polar surface area (TPSA) is 42.5 Å². The average Bonchev–Trinajstić information content (AvgIpc) is 2.83. The summed E-state index contributed by atoms with van der Waals surface area (Å²) in [5.41, 5.74) is 0. The van der Waals surface area contributed by atoms with E-state index < -0.39 is 0 Å². The lowest BCUT2D eigenvalue weighted by Crippen LogP contribution is -2.59. The van der Waals surface area contributed by atoms with Gasteiger partial charge in [0.15, 0.2) is 0 Å². The van der Waals surface area contributed by atoms with Crippen LogP contribution in [0.4, 0.5) is 0 Å². The van der Waals surface area contributed by atoms with Crippen LogP contribution < -0.4 is 10.6 Å². The van der Waals surface area contributed by atoms with Crippen molar-refractivity contribution >= 4 is 0 Å². The Morgan fingerprint density at radius 1 is 0.531 bits per heavy atom. The van der Waals surface area contributed by atoms with Crippen molar-refractivity contribution in [3.8, 4) is 0 Å². The molecule has 32 heavy (non-hydrogen) atoms. The molecule has 4 nitrogen and oxygen atoms in total. The number of ether oxygens (including phenoxy) is 2. The van der Waals surface area contributed by atoms with E-state index in [4.69, 9.17) is 9.47 Å². The minimum atomic E-state index is 0.341. The van der Waals surface area contributed by atoms with Gasteiger partial charge < -0.3 is 9.47 Å². The molecule has 1 aliphatic heterocycles. The normalized spacial score (nSPS) is 26.4. The molecule has 0 aromatic carbocycles. The van der Waals surface area contributed by atoms with Crippen molar-refractivity contribution in [1.29, 1.82) is 0 Å². The van der Waals surface area contributed by atoms with Crippen LogP contribution in [0, 0.1) is 5.92 Å². The zero-order chi connectivity index (χ0) is 22.7. The molecule has 0 unspecified atom stereocenters. The average molecular weight is 453 g/mol. The maximum absolute atomic E-state index is 6.21. The molecular formula is C28H56N2O2. The highest BCUT2D eigenvalue weighted by Gasteiger charge is 2.30. The number of nitrogens with one attached hydrogen (secondary N) is 2. The fourth-order valence-electron chi connectivity index (χ4n) is 5.32. The predicted octanol–water partition coefficient (Wildman–Crippen LogP) is 6.97. The highest BCUT2D eigenvalue weighted by atomic mass is 16.5. The number of unbranched alkanes of at least 4 members (excludes halogenated alkanes) is 12. The van der Waals surface area contributed by atoms with Gasteiger partial charge in [0.05, 0.1) is 18.4 Å². The van der Waals surface area contributed by atoms with E-state index in [0.29, 0.717) is 18.4 Å². The van der Waals surface area contributed by atoms with Gasteiger partial charge in [0.1, 0.15) is 0 Å². The molecule has 0 amide bonds. The van der Waals surface area contributed by atoms with Crippen molar-refractivity contribution in [2.45, 2.75) is 148 Å². The zero-order valence-electron chi connectivity index (χ0n) is 21.7. The Kier molecular flexibility index (Phi) is 16.8. The first-order valence-electron chi connectivity index (χ1n) is 14.5. The molecule has 2 rings (SSSR count). The molecule has 0 bridgehead atoms. The Balaban J connectivity index is 1.41. The first-order chi connectivity index (χ1) is 15.8. The maximum atomic E-state index is 6.21. The summed E-state index contributed by atoms with van der Waals surface area (Å²) in [7, 11) is 0. The first kappa shape index (κ1) is 28.1. The summed E-state index contributed by atoms with van der Waals surface area (Å²) in [6.45, 7) is 8.46. The number of hydrogen-bond donors (Lipinski definition) is 2. The second-order valence-electron chi connectivity index (χ2n) is 10.4. The second-order valence-corrected chi connectivity index (χ2v) is 10.4. The van der Waals surface area contributed by atoms with E-state index in [-0.39, 0.29) is 0 Å². The molecule has 0 radical (unpaired) electrons. The summed E-state index contributed by atoms with van der Waals surface area (Å²) in [5.74, 6) is 0.748. The Labute approximate surface area is 200 Å². The highest BCUT2D eigenvalue weighted by molar-refractivity contribution is 4.86. The van der Waals surface area contributed by atoms with E-state index in [9.17, 15) is 0 Å².